The van der Waals surface area contributed by atoms with Crippen LogP contribution in [0.2, 0.25) is 0 Å². The van der Waals surface area contributed by atoms with Gasteiger partial charge in [-0.15, -0.1) is 0 Å². The summed E-state index contributed by atoms with van der Waals surface area (Å²) in [6.45, 7) is 7.97. The van der Waals surface area contributed by atoms with Gasteiger partial charge in [-0.25, -0.2) is 4.39 Å². The maximum Gasteiger partial charge on any atom is 0.146 e. The summed E-state index contributed by atoms with van der Waals surface area (Å²) >= 11 is 0. The maximum absolute atomic E-state index is 14.4. The third-order valence-electron chi connectivity index (χ3n) is 4.16. The molecule has 1 aliphatic rings. The second kappa shape index (κ2) is 7.07. The number of nitrogens with zero attached hydrogens (tertiary/aromatic N) is 1. The van der Waals surface area contributed by atoms with Crippen LogP contribution < -0.4 is 10.2 Å². The van der Waals surface area contributed by atoms with Crippen LogP contribution in [0.25, 0.3) is 0 Å². The number of anilines is 1. The Morgan fingerprint density at radius 1 is 1.30 bits per heavy atom. The molecule has 0 aliphatic heterocycles. The van der Waals surface area contributed by atoms with Crippen molar-refractivity contribution in [2.45, 2.75) is 65.1 Å². The van der Waals surface area contributed by atoms with Crippen molar-refractivity contribution in [1.82, 2.24) is 5.32 Å². The normalized spacial score (nSPS) is 16.1. The van der Waals surface area contributed by atoms with Gasteiger partial charge in [-0.1, -0.05) is 38.8 Å². The van der Waals surface area contributed by atoms with Crippen LogP contribution in [-0.2, 0) is 6.54 Å². The quantitative estimate of drug-likeness (QED) is 0.843. The molecule has 20 heavy (non-hydrogen) atoms. The lowest BCUT2D eigenvalue weighted by molar-refractivity contribution is 0.558. The molecular weight excluding hydrogens is 251 g/mol. The van der Waals surface area contributed by atoms with E-state index in [1.165, 1.54) is 25.7 Å². The van der Waals surface area contributed by atoms with E-state index in [4.69, 9.17) is 0 Å². The molecule has 2 nitrogen and oxygen atoms in total. The molecule has 1 N–H and O–H groups in total. The summed E-state index contributed by atoms with van der Waals surface area (Å²) in [4.78, 5) is 2.28. The van der Waals surface area contributed by atoms with Gasteiger partial charge in [0.05, 0.1) is 5.69 Å². The minimum absolute atomic E-state index is 0.0817. The number of nitrogens with one attached hydrogen (secondary N) is 1. The smallest absolute Gasteiger partial charge is 0.146 e. The highest BCUT2D eigenvalue weighted by Crippen LogP contribution is 2.32. The Labute approximate surface area is 122 Å². The van der Waals surface area contributed by atoms with Crippen molar-refractivity contribution < 1.29 is 4.39 Å². The van der Waals surface area contributed by atoms with E-state index in [1.54, 1.807) is 6.07 Å². The first-order chi connectivity index (χ1) is 9.63. The Morgan fingerprint density at radius 2 is 2.00 bits per heavy atom. The van der Waals surface area contributed by atoms with Crippen LogP contribution in [0, 0.1) is 5.82 Å². The summed E-state index contributed by atoms with van der Waals surface area (Å²) in [7, 11) is 0. The van der Waals surface area contributed by atoms with Crippen LogP contribution in [0.4, 0.5) is 10.1 Å². The molecule has 0 atom stereocenters. The number of benzene rings is 1. The summed E-state index contributed by atoms with van der Waals surface area (Å²) in [5, 5.41) is 3.41. The number of hydrogen-bond acceptors (Lipinski definition) is 2. The van der Waals surface area contributed by atoms with Crippen molar-refractivity contribution in [3.63, 3.8) is 0 Å². The molecule has 0 spiro atoms. The minimum atomic E-state index is -0.0817. The molecule has 0 aromatic heterocycles. The van der Waals surface area contributed by atoms with E-state index in [1.807, 2.05) is 12.1 Å². The lowest BCUT2D eigenvalue weighted by atomic mass is 10.1. The summed E-state index contributed by atoms with van der Waals surface area (Å²) in [5.74, 6) is -0.0817. The molecule has 0 saturated heterocycles. The molecule has 1 fully saturated rings. The van der Waals surface area contributed by atoms with E-state index in [-0.39, 0.29) is 5.82 Å². The highest BCUT2D eigenvalue weighted by atomic mass is 19.1. The Bertz CT molecular complexity index is 425. The molecule has 0 bridgehead atoms. The van der Waals surface area contributed by atoms with Crippen molar-refractivity contribution in [2.24, 2.45) is 0 Å². The largest absolute Gasteiger partial charge is 0.366 e. The third-order valence-corrected chi connectivity index (χ3v) is 4.16. The molecule has 0 amide bonds. The van der Waals surface area contributed by atoms with Gasteiger partial charge in [-0.05, 0) is 31.4 Å². The second-order valence-electron chi connectivity index (χ2n) is 6.01. The standard InChI is InChI=1S/C17H27FN2/c1-4-20(15-9-5-6-10-15)17-14(12-19-13(2)3)8-7-11-16(17)18/h7-8,11,13,15,19H,4-6,9-10,12H2,1-3H3. The van der Waals surface area contributed by atoms with Gasteiger partial charge in [0.25, 0.3) is 0 Å². The van der Waals surface area contributed by atoms with Crippen molar-refractivity contribution in [1.29, 1.82) is 0 Å². The highest BCUT2D eigenvalue weighted by molar-refractivity contribution is 5.55. The Hall–Kier alpha value is -1.09. The van der Waals surface area contributed by atoms with Crippen LogP contribution >= 0.6 is 0 Å². The molecule has 0 radical (unpaired) electrons. The van der Waals surface area contributed by atoms with Crippen molar-refractivity contribution >= 4 is 5.69 Å². The predicted octanol–water partition coefficient (Wildman–Crippen LogP) is 4.09. The molecule has 112 valence electrons. The van der Waals surface area contributed by atoms with Gasteiger partial charge < -0.3 is 10.2 Å². The summed E-state index contributed by atoms with van der Waals surface area (Å²) in [6, 6.07) is 6.37. The van der Waals surface area contributed by atoms with Crippen LogP contribution in [0.1, 0.15) is 52.0 Å². The van der Waals surface area contributed by atoms with Gasteiger partial charge in [-0.3, -0.25) is 0 Å². The van der Waals surface area contributed by atoms with Crippen LogP contribution in [0.5, 0.6) is 0 Å². The number of halogens is 1. The number of para-hydroxylation sites is 1. The summed E-state index contributed by atoms with van der Waals surface area (Å²) < 4.78 is 14.4. The van der Waals surface area contributed by atoms with Gasteiger partial charge in [0.15, 0.2) is 0 Å². The van der Waals surface area contributed by atoms with Gasteiger partial charge in [0.2, 0.25) is 0 Å². The zero-order chi connectivity index (χ0) is 14.5. The van der Waals surface area contributed by atoms with E-state index in [9.17, 15) is 4.39 Å². The first-order valence-corrected chi connectivity index (χ1v) is 7.91. The van der Waals surface area contributed by atoms with E-state index in [0.717, 1.165) is 24.3 Å². The Kier molecular flexibility index (Phi) is 5.41. The molecule has 3 heteroatoms. The fourth-order valence-corrected chi connectivity index (χ4v) is 3.15. The second-order valence-corrected chi connectivity index (χ2v) is 6.01. The third kappa shape index (κ3) is 3.51. The zero-order valence-electron chi connectivity index (χ0n) is 13.0. The molecule has 0 unspecified atom stereocenters. The maximum atomic E-state index is 14.4. The van der Waals surface area contributed by atoms with E-state index < -0.39 is 0 Å². The monoisotopic (exact) mass is 278 g/mol. The fraction of sp³-hybridized carbons (Fsp3) is 0.647. The first-order valence-electron chi connectivity index (χ1n) is 7.91. The molecule has 1 aliphatic carbocycles. The molecule has 0 heterocycles. The van der Waals surface area contributed by atoms with Gasteiger partial charge in [0, 0.05) is 25.2 Å². The van der Waals surface area contributed by atoms with Crippen LogP contribution in [0.3, 0.4) is 0 Å². The van der Waals surface area contributed by atoms with Crippen LogP contribution in [0.15, 0.2) is 18.2 Å². The van der Waals surface area contributed by atoms with E-state index in [2.05, 4.69) is 31.0 Å². The fourth-order valence-electron chi connectivity index (χ4n) is 3.15. The first kappa shape index (κ1) is 15.3. The minimum Gasteiger partial charge on any atom is -0.366 e. The van der Waals surface area contributed by atoms with Crippen molar-refractivity contribution in [2.75, 3.05) is 11.4 Å². The topological polar surface area (TPSA) is 15.3 Å². The highest BCUT2D eigenvalue weighted by Gasteiger charge is 2.25. The van der Waals surface area contributed by atoms with E-state index >= 15 is 0 Å². The Balaban J connectivity index is 2.26. The molecule has 1 aromatic carbocycles. The predicted molar refractivity (Wildman–Crippen MR) is 83.7 cm³/mol. The zero-order valence-corrected chi connectivity index (χ0v) is 13.0. The van der Waals surface area contributed by atoms with Crippen molar-refractivity contribution in [3.05, 3.63) is 29.6 Å². The summed E-state index contributed by atoms with van der Waals surface area (Å²) in [5.41, 5.74) is 1.89. The Morgan fingerprint density at radius 3 is 2.60 bits per heavy atom. The van der Waals surface area contributed by atoms with Gasteiger partial charge in [0.1, 0.15) is 5.82 Å². The SMILES string of the molecule is CCN(c1c(F)cccc1CNC(C)C)C1CCCC1. The van der Waals surface area contributed by atoms with Crippen molar-refractivity contribution in [3.8, 4) is 0 Å². The van der Waals surface area contributed by atoms with Crippen LogP contribution in [-0.4, -0.2) is 18.6 Å². The number of hydrogen-bond donors (Lipinski definition) is 1. The lowest BCUT2D eigenvalue weighted by Crippen LogP contribution is -2.35. The summed E-state index contributed by atoms with van der Waals surface area (Å²) in [6.07, 6.45) is 4.93. The van der Waals surface area contributed by atoms with Gasteiger partial charge >= 0.3 is 0 Å². The average Bonchev–Trinajstić information content (AvgIpc) is 2.93. The van der Waals surface area contributed by atoms with E-state index in [0.29, 0.717) is 12.1 Å². The molecule has 1 aromatic rings. The number of rotatable bonds is 6. The average molecular weight is 278 g/mol. The molecule has 1 saturated carbocycles. The van der Waals surface area contributed by atoms with Gasteiger partial charge in [-0.2, -0.15) is 0 Å². The molecule has 2 rings (SSSR count). The molecular formula is C17H27FN2. The lowest BCUT2D eigenvalue weighted by Gasteiger charge is -2.32.